The first-order valence-corrected chi connectivity index (χ1v) is 13.9. The minimum atomic E-state index is -5.12. The number of hydrogen-bond donors (Lipinski definition) is 1. The SMILES string of the molecule is COc1ccc(CCC(=O)O)cc1-c1ccc(C(F)(F)F)nc1CN1C(=O)S[C@H](c2cc(C(F)(F)F)cc(C(F)(F)F)c2)[C@@H]1C. The molecule has 242 valence electrons. The zero-order valence-corrected chi connectivity index (χ0v) is 24.1. The highest BCUT2D eigenvalue weighted by Gasteiger charge is 2.43. The van der Waals surface area contributed by atoms with Crippen LogP contribution in [0, 0.1) is 0 Å². The Morgan fingerprint density at radius 3 is 2.07 bits per heavy atom. The molecular weight excluding hydrogens is 643 g/mol. The molecule has 2 aromatic carbocycles. The van der Waals surface area contributed by atoms with Crippen molar-refractivity contribution in [3.8, 4) is 16.9 Å². The third-order valence-corrected chi connectivity index (χ3v) is 8.45. The number of pyridine rings is 1. The van der Waals surface area contributed by atoms with Crippen LogP contribution in [0.5, 0.6) is 5.75 Å². The van der Waals surface area contributed by atoms with Gasteiger partial charge in [-0.15, -0.1) is 0 Å². The van der Waals surface area contributed by atoms with Crippen molar-refractivity contribution in [2.45, 2.75) is 56.1 Å². The second-order valence-corrected chi connectivity index (χ2v) is 11.2. The molecule has 0 radical (unpaired) electrons. The highest BCUT2D eigenvalue weighted by Crippen LogP contribution is 2.47. The standard InChI is InChI=1S/C29H23F9N2O4S/c1-14-25(16-10-17(27(30,31)32)12-18(11-16)28(33,34)35)45-26(43)40(14)13-21-19(5-7-23(39-21)29(36,37)38)20-9-15(4-8-24(41)42)3-6-22(20)44-2/h3,5-7,9-12,14,25H,4,8,13H2,1-2H3,(H,41,42)/t14-,25-/m0/s1. The number of halogens is 9. The van der Waals surface area contributed by atoms with Gasteiger partial charge in [-0.05, 0) is 60.9 Å². The molecule has 3 aromatic rings. The van der Waals surface area contributed by atoms with Gasteiger partial charge < -0.3 is 14.7 Å². The van der Waals surface area contributed by atoms with Crippen molar-refractivity contribution < 1.29 is 58.9 Å². The Labute approximate surface area is 254 Å². The molecule has 1 N–H and O–H groups in total. The van der Waals surface area contributed by atoms with Crippen LogP contribution in [0.4, 0.5) is 44.3 Å². The van der Waals surface area contributed by atoms with Crippen molar-refractivity contribution in [1.29, 1.82) is 0 Å². The number of rotatable bonds is 8. The Morgan fingerprint density at radius 2 is 1.53 bits per heavy atom. The van der Waals surface area contributed by atoms with E-state index >= 15 is 0 Å². The molecule has 1 amide bonds. The summed E-state index contributed by atoms with van der Waals surface area (Å²) in [5.41, 5.74) is -4.33. The number of hydrogen-bond acceptors (Lipinski definition) is 5. The average molecular weight is 667 g/mol. The first-order chi connectivity index (χ1) is 20.8. The lowest BCUT2D eigenvalue weighted by molar-refractivity contribution is -0.143. The number of aliphatic carboxylic acids is 1. The number of thioether (sulfide) groups is 1. The van der Waals surface area contributed by atoms with E-state index in [2.05, 4.69) is 4.98 Å². The number of nitrogens with zero attached hydrogens (tertiary/aromatic N) is 2. The van der Waals surface area contributed by atoms with E-state index in [9.17, 15) is 49.1 Å². The molecule has 0 unspecified atom stereocenters. The summed E-state index contributed by atoms with van der Waals surface area (Å²) < 4.78 is 127. The van der Waals surface area contributed by atoms with Gasteiger partial charge in [-0.1, -0.05) is 23.9 Å². The lowest BCUT2D eigenvalue weighted by Crippen LogP contribution is -2.32. The zero-order chi connectivity index (χ0) is 33.5. The lowest BCUT2D eigenvalue weighted by Gasteiger charge is -2.26. The normalized spacial score (nSPS) is 17.6. The zero-order valence-electron chi connectivity index (χ0n) is 23.3. The average Bonchev–Trinajstić information content (AvgIpc) is 3.22. The summed E-state index contributed by atoms with van der Waals surface area (Å²) in [4.78, 5) is 28.9. The van der Waals surface area contributed by atoms with Crippen LogP contribution in [0.25, 0.3) is 11.1 Å². The van der Waals surface area contributed by atoms with Crippen molar-refractivity contribution in [1.82, 2.24) is 9.88 Å². The second kappa shape index (κ2) is 12.4. The number of carbonyl (C=O) groups excluding carboxylic acids is 1. The number of carboxylic acid groups (broad SMARTS) is 1. The Kier molecular flexibility index (Phi) is 9.39. The first kappa shape index (κ1) is 33.9. The number of carbonyl (C=O) groups is 2. The largest absolute Gasteiger partial charge is 0.496 e. The van der Waals surface area contributed by atoms with Gasteiger partial charge in [-0.3, -0.25) is 9.59 Å². The number of aryl methyl sites for hydroxylation is 1. The summed E-state index contributed by atoms with van der Waals surface area (Å²) in [6.45, 7) is 0.771. The molecule has 6 nitrogen and oxygen atoms in total. The molecule has 0 bridgehead atoms. The van der Waals surface area contributed by atoms with Gasteiger partial charge in [0.25, 0.3) is 5.24 Å². The number of methoxy groups -OCH3 is 1. The summed E-state index contributed by atoms with van der Waals surface area (Å²) in [5.74, 6) is -0.894. The van der Waals surface area contributed by atoms with E-state index in [0.717, 1.165) is 11.0 Å². The van der Waals surface area contributed by atoms with Gasteiger partial charge in [0.05, 0.1) is 35.7 Å². The Balaban J connectivity index is 1.78. The van der Waals surface area contributed by atoms with Crippen LogP contribution < -0.4 is 4.74 Å². The molecule has 2 heterocycles. The molecule has 0 aliphatic carbocycles. The monoisotopic (exact) mass is 666 g/mol. The van der Waals surface area contributed by atoms with Gasteiger partial charge in [0.1, 0.15) is 11.4 Å². The Bertz CT molecular complexity index is 1570. The third kappa shape index (κ3) is 7.65. The van der Waals surface area contributed by atoms with Crippen molar-refractivity contribution in [3.05, 3.63) is 82.2 Å². The van der Waals surface area contributed by atoms with Gasteiger partial charge >= 0.3 is 24.5 Å². The maximum atomic E-state index is 13.7. The predicted molar refractivity (Wildman–Crippen MR) is 144 cm³/mol. The van der Waals surface area contributed by atoms with Crippen LogP contribution in [0.1, 0.15) is 52.2 Å². The molecule has 45 heavy (non-hydrogen) atoms. The molecule has 1 fully saturated rings. The van der Waals surface area contributed by atoms with Gasteiger partial charge in [0, 0.05) is 23.6 Å². The number of benzene rings is 2. The fourth-order valence-corrected chi connectivity index (χ4v) is 6.06. The molecule has 2 atom stereocenters. The van der Waals surface area contributed by atoms with Crippen molar-refractivity contribution in [3.63, 3.8) is 0 Å². The van der Waals surface area contributed by atoms with Crippen LogP contribution in [0.15, 0.2) is 48.5 Å². The molecular formula is C29H23F9N2O4S. The quantitative estimate of drug-likeness (QED) is 0.243. The fourth-order valence-electron chi connectivity index (χ4n) is 4.86. The van der Waals surface area contributed by atoms with Crippen molar-refractivity contribution >= 4 is 23.0 Å². The lowest BCUT2D eigenvalue weighted by atomic mass is 9.97. The number of aromatic nitrogens is 1. The molecule has 1 aliphatic rings. The van der Waals surface area contributed by atoms with Crippen LogP contribution >= 0.6 is 11.8 Å². The van der Waals surface area contributed by atoms with Crippen LogP contribution in [0.3, 0.4) is 0 Å². The molecule has 1 aromatic heterocycles. The summed E-state index contributed by atoms with van der Waals surface area (Å²) in [6, 6.07) is 6.28. The van der Waals surface area contributed by atoms with Crippen LogP contribution in [0.2, 0.25) is 0 Å². The highest BCUT2D eigenvalue weighted by molar-refractivity contribution is 8.14. The maximum Gasteiger partial charge on any atom is 0.433 e. The highest BCUT2D eigenvalue weighted by atomic mass is 32.2. The second-order valence-electron chi connectivity index (χ2n) is 10.1. The van der Waals surface area contributed by atoms with E-state index in [1.165, 1.54) is 26.2 Å². The molecule has 0 saturated carbocycles. The predicted octanol–water partition coefficient (Wildman–Crippen LogP) is 8.63. The number of ether oxygens (including phenoxy) is 1. The summed E-state index contributed by atoms with van der Waals surface area (Å²) in [6.07, 6.45) is -15.3. The Morgan fingerprint density at radius 1 is 0.911 bits per heavy atom. The molecule has 1 saturated heterocycles. The van der Waals surface area contributed by atoms with Gasteiger partial charge in [0.15, 0.2) is 0 Å². The number of alkyl halides is 9. The van der Waals surface area contributed by atoms with Gasteiger partial charge in [-0.2, -0.15) is 39.5 Å². The van der Waals surface area contributed by atoms with E-state index in [-0.39, 0.29) is 41.5 Å². The fraction of sp³-hybridized carbons (Fsp3) is 0.345. The smallest absolute Gasteiger partial charge is 0.433 e. The third-order valence-electron chi connectivity index (χ3n) is 7.10. The van der Waals surface area contributed by atoms with Gasteiger partial charge in [0.2, 0.25) is 0 Å². The number of amides is 1. The van der Waals surface area contributed by atoms with E-state index in [1.807, 2.05) is 0 Å². The van der Waals surface area contributed by atoms with E-state index in [4.69, 9.17) is 9.84 Å². The topological polar surface area (TPSA) is 79.7 Å². The summed E-state index contributed by atoms with van der Waals surface area (Å²) in [5, 5.41) is 7.01. The van der Waals surface area contributed by atoms with Crippen molar-refractivity contribution in [2.24, 2.45) is 0 Å². The first-order valence-electron chi connectivity index (χ1n) is 13.0. The minimum absolute atomic E-state index is 0.0375. The number of carboxylic acids is 1. The van der Waals surface area contributed by atoms with E-state index < -0.39 is 70.0 Å². The van der Waals surface area contributed by atoms with Crippen LogP contribution in [-0.4, -0.2) is 39.4 Å². The van der Waals surface area contributed by atoms with E-state index in [1.54, 1.807) is 6.07 Å². The van der Waals surface area contributed by atoms with Crippen LogP contribution in [-0.2, 0) is 36.3 Å². The molecule has 0 spiro atoms. The van der Waals surface area contributed by atoms with Crippen molar-refractivity contribution in [2.75, 3.05) is 7.11 Å². The van der Waals surface area contributed by atoms with E-state index in [0.29, 0.717) is 35.5 Å². The minimum Gasteiger partial charge on any atom is -0.496 e. The van der Waals surface area contributed by atoms with Gasteiger partial charge in [-0.25, -0.2) is 4.98 Å². The molecule has 16 heteroatoms. The maximum absolute atomic E-state index is 13.7. The molecule has 4 rings (SSSR count). The summed E-state index contributed by atoms with van der Waals surface area (Å²) in [7, 11) is 1.30. The summed E-state index contributed by atoms with van der Waals surface area (Å²) >= 11 is 0.446. The molecule has 1 aliphatic heterocycles. The Hall–Kier alpha value is -3.95.